The van der Waals surface area contributed by atoms with Gasteiger partial charge >= 0.3 is 0 Å². The van der Waals surface area contributed by atoms with Crippen LogP contribution in [0.4, 0.5) is 0 Å². The molecule has 13 heavy (non-hydrogen) atoms. The van der Waals surface area contributed by atoms with Crippen LogP contribution in [0.5, 0.6) is 0 Å². The van der Waals surface area contributed by atoms with Crippen molar-refractivity contribution in [2.75, 3.05) is 19.7 Å². The largest absolute Gasteiger partial charge is 0.395 e. The van der Waals surface area contributed by atoms with Crippen LogP contribution in [0.15, 0.2) is 10.6 Å². The van der Waals surface area contributed by atoms with E-state index in [-0.39, 0.29) is 6.61 Å². The number of aromatic nitrogens is 1. The van der Waals surface area contributed by atoms with Crippen molar-refractivity contribution in [3.8, 4) is 0 Å². The van der Waals surface area contributed by atoms with E-state index in [1.807, 2.05) is 13.0 Å². The summed E-state index contributed by atoms with van der Waals surface area (Å²) in [5, 5.41) is 12.7. The van der Waals surface area contributed by atoms with E-state index in [1.54, 1.807) is 0 Å². The van der Waals surface area contributed by atoms with Crippen LogP contribution < -0.4 is 0 Å². The number of rotatable bonds is 5. The molecule has 0 saturated heterocycles. The molecule has 0 atom stereocenters. The molecule has 0 aromatic carbocycles. The standard InChI is InChI=1S/C9H16N2O2/c1-3-11(4-5-12)7-9-6-8(2)13-10-9/h6,12H,3-5,7H2,1-2H3. The Morgan fingerprint density at radius 1 is 1.62 bits per heavy atom. The Bertz CT molecular complexity index is 248. The zero-order valence-corrected chi connectivity index (χ0v) is 8.16. The van der Waals surface area contributed by atoms with Crippen molar-refractivity contribution in [2.24, 2.45) is 0 Å². The third kappa shape index (κ3) is 3.16. The van der Waals surface area contributed by atoms with Crippen molar-refractivity contribution in [3.63, 3.8) is 0 Å². The molecule has 0 aliphatic heterocycles. The number of likely N-dealkylation sites (N-methyl/N-ethyl adjacent to an activating group) is 1. The molecular weight excluding hydrogens is 168 g/mol. The van der Waals surface area contributed by atoms with Gasteiger partial charge in [0, 0.05) is 19.2 Å². The van der Waals surface area contributed by atoms with Gasteiger partial charge in [0.25, 0.3) is 0 Å². The molecule has 1 aromatic rings. The molecule has 0 aliphatic carbocycles. The van der Waals surface area contributed by atoms with E-state index < -0.39 is 0 Å². The fourth-order valence-corrected chi connectivity index (χ4v) is 1.21. The summed E-state index contributed by atoms with van der Waals surface area (Å²) in [6.07, 6.45) is 0. The van der Waals surface area contributed by atoms with Crippen molar-refractivity contribution in [3.05, 3.63) is 17.5 Å². The Morgan fingerprint density at radius 3 is 2.85 bits per heavy atom. The summed E-state index contributed by atoms with van der Waals surface area (Å²) >= 11 is 0. The summed E-state index contributed by atoms with van der Waals surface area (Å²) in [7, 11) is 0. The lowest BCUT2D eigenvalue weighted by Gasteiger charge is -2.16. The van der Waals surface area contributed by atoms with Gasteiger partial charge in [-0.15, -0.1) is 0 Å². The number of hydrogen-bond donors (Lipinski definition) is 1. The summed E-state index contributed by atoms with van der Waals surface area (Å²) in [6, 6.07) is 1.92. The van der Waals surface area contributed by atoms with Gasteiger partial charge in [-0.25, -0.2) is 0 Å². The number of aliphatic hydroxyl groups excluding tert-OH is 1. The minimum absolute atomic E-state index is 0.185. The van der Waals surface area contributed by atoms with Crippen molar-refractivity contribution in [1.82, 2.24) is 10.1 Å². The van der Waals surface area contributed by atoms with Crippen LogP contribution in [0.25, 0.3) is 0 Å². The highest BCUT2D eigenvalue weighted by Crippen LogP contribution is 2.04. The SMILES string of the molecule is CCN(CCO)Cc1cc(C)on1. The van der Waals surface area contributed by atoms with Crippen LogP contribution in [-0.2, 0) is 6.54 Å². The van der Waals surface area contributed by atoms with E-state index in [1.165, 1.54) is 0 Å². The summed E-state index contributed by atoms with van der Waals surface area (Å²) in [5.41, 5.74) is 0.924. The topological polar surface area (TPSA) is 49.5 Å². The lowest BCUT2D eigenvalue weighted by molar-refractivity contribution is 0.193. The third-order valence-corrected chi connectivity index (χ3v) is 1.93. The van der Waals surface area contributed by atoms with Gasteiger partial charge < -0.3 is 9.63 Å². The molecule has 0 spiro atoms. The van der Waals surface area contributed by atoms with Gasteiger partial charge in [0.05, 0.1) is 12.3 Å². The normalized spacial score (nSPS) is 11.1. The molecule has 0 saturated carbocycles. The molecule has 0 amide bonds. The van der Waals surface area contributed by atoms with Gasteiger partial charge in [-0.1, -0.05) is 12.1 Å². The smallest absolute Gasteiger partial charge is 0.133 e. The highest BCUT2D eigenvalue weighted by Gasteiger charge is 2.05. The highest BCUT2D eigenvalue weighted by atomic mass is 16.5. The summed E-state index contributed by atoms with van der Waals surface area (Å²) in [5.74, 6) is 0.829. The van der Waals surface area contributed by atoms with Gasteiger partial charge in [-0.3, -0.25) is 4.90 Å². The van der Waals surface area contributed by atoms with Gasteiger partial charge in [0.1, 0.15) is 5.76 Å². The van der Waals surface area contributed by atoms with E-state index >= 15 is 0 Å². The first-order valence-electron chi connectivity index (χ1n) is 4.51. The molecule has 0 aliphatic rings. The lowest BCUT2D eigenvalue weighted by atomic mass is 10.3. The van der Waals surface area contributed by atoms with Crippen LogP contribution in [-0.4, -0.2) is 34.9 Å². The monoisotopic (exact) mass is 184 g/mol. The van der Waals surface area contributed by atoms with Gasteiger partial charge in [-0.2, -0.15) is 0 Å². The predicted molar refractivity (Wildman–Crippen MR) is 49.3 cm³/mol. The number of aliphatic hydroxyl groups is 1. The zero-order chi connectivity index (χ0) is 9.68. The first-order valence-corrected chi connectivity index (χ1v) is 4.51. The molecule has 74 valence electrons. The van der Waals surface area contributed by atoms with E-state index in [9.17, 15) is 0 Å². The first-order chi connectivity index (χ1) is 6.26. The molecule has 0 radical (unpaired) electrons. The molecular formula is C9H16N2O2. The van der Waals surface area contributed by atoms with Crippen molar-refractivity contribution in [2.45, 2.75) is 20.4 Å². The van der Waals surface area contributed by atoms with Gasteiger partial charge in [0.2, 0.25) is 0 Å². The van der Waals surface area contributed by atoms with Crippen molar-refractivity contribution >= 4 is 0 Å². The molecule has 1 rings (SSSR count). The Morgan fingerprint density at radius 2 is 2.38 bits per heavy atom. The Hall–Kier alpha value is -0.870. The average Bonchev–Trinajstić information content (AvgIpc) is 2.50. The molecule has 0 bridgehead atoms. The summed E-state index contributed by atoms with van der Waals surface area (Å²) in [4.78, 5) is 2.11. The van der Waals surface area contributed by atoms with Crippen molar-refractivity contribution in [1.29, 1.82) is 0 Å². The van der Waals surface area contributed by atoms with Gasteiger partial charge in [-0.05, 0) is 13.5 Å². The maximum Gasteiger partial charge on any atom is 0.133 e. The predicted octanol–water partition coefficient (Wildman–Crippen LogP) is 0.797. The van der Waals surface area contributed by atoms with Crippen LogP contribution in [0.2, 0.25) is 0 Å². The minimum atomic E-state index is 0.185. The first kappa shape index (κ1) is 10.2. The number of hydrogen-bond acceptors (Lipinski definition) is 4. The molecule has 0 unspecified atom stereocenters. The van der Waals surface area contributed by atoms with Crippen LogP contribution in [0.1, 0.15) is 18.4 Å². The molecule has 4 nitrogen and oxygen atoms in total. The Kier molecular flexibility index (Phi) is 3.92. The quantitative estimate of drug-likeness (QED) is 0.735. The maximum atomic E-state index is 8.77. The lowest BCUT2D eigenvalue weighted by Crippen LogP contribution is -2.26. The molecule has 1 aromatic heterocycles. The zero-order valence-electron chi connectivity index (χ0n) is 8.16. The molecule has 1 heterocycles. The second-order valence-electron chi connectivity index (χ2n) is 3.02. The van der Waals surface area contributed by atoms with Crippen LogP contribution in [0.3, 0.4) is 0 Å². The summed E-state index contributed by atoms with van der Waals surface area (Å²) in [6.45, 7) is 6.45. The highest BCUT2D eigenvalue weighted by molar-refractivity contribution is 5.03. The molecule has 4 heteroatoms. The third-order valence-electron chi connectivity index (χ3n) is 1.93. The fraction of sp³-hybridized carbons (Fsp3) is 0.667. The van der Waals surface area contributed by atoms with E-state index in [0.29, 0.717) is 6.54 Å². The Balaban J connectivity index is 2.46. The second kappa shape index (κ2) is 4.99. The van der Waals surface area contributed by atoms with Crippen molar-refractivity contribution < 1.29 is 9.63 Å². The minimum Gasteiger partial charge on any atom is -0.395 e. The maximum absolute atomic E-state index is 8.77. The Labute approximate surface area is 78.1 Å². The fourth-order valence-electron chi connectivity index (χ4n) is 1.21. The van der Waals surface area contributed by atoms with E-state index in [4.69, 9.17) is 9.63 Å². The molecule has 1 N–H and O–H groups in total. The van der Waals surface area contributed by atoms with Crippen LogP contribution in [0, 0.1) is 6.92 Å². The number of aryl methyl sites for hydroxylation is 1. The average molecular weight is 184 g/mol. The summed E-state index contributed by atoms with van der Waals surface area (Å²) < 4.78 is 4.95. The molecule has 0 fully saturated rings. The second-order valence-corrected chi connectivity index (χ2v) is 3.02. The van der Waals surface area contributed by atoms with E-state index in [2.05, 4.69) is 17.0 Å². The van der Waals surface area contributed by atoms with E-state index in [0.717, 1.165) is 24.5 Å². The number of nitrogens with zero attached hydrogens (tertiary/aromatic N) is 2. The van der Waals surface area contributed by atoms with Gasteiger partial charge in [0.15, 0.2) is 0 Å². The van der Waals surface area contributed by atoms with Crippen LogP contribution >= 0.6 is 0 Å².